The van der Waals surface area contributed by atoms with E-state index in [1.165, 1.54) is 12.1 Å². The highest BCUT2D eigenvalue weighted by atomic mass is 35.5. The maximum atomic E-state index is 12.9. The van der Waals surface area contributed by atoms with Crippen LogP contribution in [-0.2, 0) is 10.3 Å². The van der Waals surface area contributed by atoms with Gasteiger partial charge in [0.15, 0.2) is 0 Å². The Kier molecular flexibility index (Phi) is 3.48. The molecular weight excluding hydrogens is 205 g/mol. The molecule has 0 saturated carbocycles. The first-order chi connectivity index (χ1) is 6.47. The zero-order valence-electron chi connectivity index (χ0n) is 8.18. The normalized spacial score (nSPS) is 15.2. The van der Waals surface area contributed by atoms with Gasteiger partial charge < -0.3 is 10.5 Å². The Labute approximate surface area is 87.8 Å². The van der Waals surface area contributed by atoms with Crippen LogP contribution in [0.15, 0.2) is 18.2 Å². The molecule has 2 nitrogen and oxygen atoms in total. The highest BCUT2D eigenvalue weighted by Crippen LogP contribution is 2.23. The SMILES string of the molecule is COCC(C)(N)c1ccc(F)c(Cl)c1. The van der Waals surface area contributed by atoms with Crippen molar-refractivity contribution in [3.63, 3.8) is 0 Å². The van der Waals surface area contributed by atoms with Gasteiger partial charge in [0.2, 0.25) is 0 Å². The molecule has 0 saturated heterocycles. The van der Waals surface area contributed by atoms with Crippen LogP contribution >= 0.6 is 11.6 Å². The van der Waals surface area contributed by atoms with Gasteiger partial charge in [0.1, 0.15) is 5.82 Å². The van der Waals surface area contributed by atoms with Crippen molar-refractivity contribution in [2.24, 2.45) is 5.73 Å². The Balaban J connectivity index is 3.01. The summed E-state index contributed by atoms with van der Waals surface area (Å²) in [4.78, 5) is 0. The molecule has 1 aromatic carbocycles. The monoisotopic (exact) mass is 217 g/mol. The van der Waals surface area contributed by atoms with E-state index >= 15 is 0 Å². The molecule has 2 N–H and O–H groups in total. The van der Waals surface area contributed by atoms with Crippen LogP contribution in [0, 0.1) is 5.82 Å². The van der Waals surface area contributed by atoms with E-state index < -0.39 is 11.4 Å². The Bertz CT molecular complexity index is 328. The summed E-state index contributed by atoms with van der Waals surface area (Å²) in [7, 11) is 1.57. The molecule has 78 valence electrons. The maximum Gasteiger partial charge on any atom is 0.141 e. The van der Waals surface area contributed by atoms with Gasteiger partial charge in [0, 0.05) is 7.11 Å². The third kappa shape index (κ3) is 2.44. The standard InChI is InChI=1S/C10H13ClFNO/c1-10(13,6-14-2)7-3-4-9(12)8(11)5-7/h3-5H,6,13H2,1-2H3. The molecule has 0 aliphatic rings. The predicted octanol–water partition coefficient (Wildman–Crippen LogP) is 2.30. The van der Waals surface area contributed by atoms with Crippen molar-refractivity contribution in [2.75, 3.05) is 13.7 Å². The predicted molar refractivity (Wildman–Crippen MR) is 54.8 cm³/mol. The zero-order valence-corrected chi connectivity index (χ0v) is 8.94. The van der Waals surface area contributed by atoms with Crippen molar-refractivity contribution in [3.8, 4) is 0 Å². The van der Waals surface area contributed by atoms with Crippen molar-refractivity contribution in [1.82, 2.24) is 0 Å². The molecule has 4 heteroatoms. The Hall–Kier alpha value is -0.640. The molecule has 0 fully saturated rings. The van der Waals surface area contributed by atoms with E-state index in [1.54, 1.807) is 20.1 Å². The van der Waals surface area contributed by atoms with Gasteiger partial charge in [-0.2, -0.15) is 0 Å². The van der Waals surface area contributed by atoms with E-state index in [0.717, 1.165) is 5.56 Å². The zero-order chi connectivity index (χ0) is 10.8. The lowest BCUT2D eigenvalue weighted by molar-refractivity contribution is 0.141. The number of ether oxygens (including phenoxy) is 1. The van der Waals surface area contributed by atoms with Gasteiger partial charge in [0.05, 0.1) is 17.2 Å². The molecule has 1 unspecified atom stereocenters. The highest BCUT2D eigenvalue weighted by molar-refractivity contribution is 6.30. The van der Waals surface area contributed by atoms with Gasteiger partial charge in [-0.3, -0.25) is 0 Å². The maximum absolute atomic E-state index is 12.9. The average Bonchev–Trinajstić information content (AvgIpc) is 2.09. The van der Waals surface area contributed by atoms with Crippen LogP contribution in [0.3, 0.4) is 0 Å². The van der Waals surface area contributed by atoms with Crippen LogP contribution in [-0.4, -0.2) is 13.7 Å². The summed E-state index contributed by atoms with van der Waals surface area (Å²) in [6.45, 7) is 2.16. The van der Waals surface area contributed by atoms with Gasteiger partial charge in [-0.25, -0.2) is 4.39 Å². The van der Waals surface area contributed by atoms with Gasteiger partial charge in [-0.05, 0) is 24.6 Å². The van der Waals surface area contributed by atoms with E-state index in [9.17, 15) is 4.39 Å². The fraction of sp³-hybridized carbons (Fsp3) is 0.400. The molecule has 1 rings (SSSR count). The Morgan fingerprint density at radius 3 is 2.71 bits per heavy atom. The number of hydrogen-bond donors (Lipinski definition) is 1. The van der Waals surface area contributed by atoms with E-state index in [2.05, 4.69) is 0 Å². The number of nitrogens with two attached hydrogens (primary N) is 1. The average molecular weight is 218 g/mol. The number of rotatable bonds is 3. The lowest BCUT2D eigenvalue weighted by Gasteiger charge is -2.24. The first-order valence-corrected chi connectivity index (χ1v) is 4.58. The third-order valence-corrected chi connectivity index (χ3v) is 2.31. The van der Waals surface area contributed by atoms with Crippen LogP contribution in [0.5, 0.6) is 0 Å². The lowest BCUT2D eigenvalue weighted by atomic mass is 9.94. The van der Waals surface area contributed by atoms with Crippen molar-refractivity contribution < 1.29 is 9.13 Å². The Morgan fingerprint density at radius 1 is 1.57 bits per heavy atom. The minimum atomic E-state index is -0.647. The van der Waals surface area contributed by atoms with Crippen molar-refractivity contribution in [2.45, 2.75) is 12.5 Å². The third-order valence-electron chi connectivity index (χ3n) is 2.02. The Morgan fingerprint density at radius 2 is 2.21 bits per heavy atom. The van der Waals surface area contributed by atoms with E-state index in [1.807, 2.05) is 0 Å². The molecule has 0 heterocycles. The molecule has 0 spiro atoms. The molecule has 0 aliphatic heterocycles. The lowest BCUT2D eigenvalue weighted by Crippen LogP contribution is -2.37. The smallest absolute Gasteiger partial charge is 0.141 e. The summed E-state index contributed by atoms with van der Waals surface area (Å²) in [5.74, 6) is -0.441. The van der Waals surface area contributed by atoms with Gasteiger partial charge in [-0.15, -0.1) is 0 Å². The van der Waals surface area contributed by atoms with Crippen LogP contribution in [0.1, 0.15) is 12.5 Å². The number of hydrogen-bond acceptors (Lipinski definition) is 2. The summed E-state index contributed by atoms with van der Waals surface area (Å²) in [5, 5.41) is 0.0790. The summed E-state index contributed by atoms with van der Waals surface area (Å²) in [5.41, 5.74) is 6.07. The van der Waals surface area contributed by atoms with Crippen LogP contribution in [0.2, 0.25) is 5.02 Å². The van der Waals surface area contributed by atoms with Gasteiger partial charge >= 0.3 is 0 Å². The fourth-order valence-electron chi connectivity index (χ4n) is 1.23. The number of benzene rings is 1. The minimum absolute atomic E-state index is 0.0790. The highest BCUT2D eigenvalue weighted by Gasteiger charge is 2.21. The second-order valence-electron chi connectivity index (χ2n) is 3.48. The second kappa shape index (κ2) is 4.26. The quantitative estimate of drug-likeness (QED) is 0.843. The van der Waals surface area contributed by atoms with Gasteiger partial charge in [-0.1, -0.05) is 17.7 Å². The largest absolute Gasteiger partial charge is 0.382 e. The molecule has 0 aliphatic carbocycles. The van der Waals surface area contributed by atoms with E-state index in [0.29, 0.717) is 6.61 Å². The molecule has 1 aromatic rings. The molecule has 0 aromatic heterocycles. The molecule has 14 heavy (non-hydrogen) atoms. The van der Waals surface area contributed by atoms with E-state index in [-0.39, 0.29) is 5.02 Å². The molecule has 1 atom stereocenters. The van der Waals surface area contributed by atoms with Gasteiger partial charge in [0.25, 0.3) is 0 Å². The first kappa shape index (κ1) is 11.4. The van der Waals surface area contributed by atoms with Crippen molar-refractivity contribution in [3.05, 3.63) is 34.6 Å². The summed E-state index contributed by atoms with van der Waals surface area (Å²) >= 11 is 5.65. The minimum Gasteiger partial charge on any atom is -0.382 e. The second-order valence-corrected chi connectivity index (χ2v) is 3.89. The molecule has 0 bridgehead atoms. The molecular formula is C10H13ClFNO. The van der Waals surface area contributed by atoms with Crippen molar-refractivity contribution >= 4 is 11.6 Å². The summed E-state index contributed by atoms with van der Waals surface area (Å²) in [6, 6.07) is 4.44. The summed E-state index contributed by atoms with van der Waals surface area (Å²) in [6.07, 6.45) is 0. The molecule has 0 amide bonds. The van der Waals surface area contributed by atoms with Crippen LogP contribution < -0.4 is 5.73 Å². The number of methoxy groups -OCH3 is 1. The van der Waals surface area contributed by atoms with E-state index in [4.69, 9.17) is 22.1 Å². The summed E-state index contributed by atoms with van der Waals surface area (Å²) < 4.78 is 17.8. The molecule has 0 radical (unpaired) electrons. The van der Waals surface area contributed by atoms with Crippen LogP contribution in [0.4, 0.5) is 4.39 Å². The van der Waals surface area contributed by atoms with Crippen molar-refractivity contribution in [1.29, 1.82) is 0 Å². The van der Waals surface area contributed by atoms with Crippen LogP contribution in [0.25, 0.3) is 0 Å². The fourth-order valence-corrected chi connectivity index (χ4v) is 1.42. The first-order valence-electron chi connectivity index (χ1n) is 4.21. The topological polar surface area (TPSA) is 35.2 Å². The number of halogens is 2.